The highest BCUT2D eigenvalue weighted by Gasteiger charge is 2.19. The molecule has 62 valence electrons. The third-order valence-corrected chi connectivity index (χ3v) is 1.70. The number of nitrogens with zero attached hydrogens (tertiary/aromatic N) is 3. The molecule has 2 heterocycles. The smallest absolute Gasteiger partial charge is 0.203 e. The number of aromatic nitrogens is 2. The van der Waals surface area contributed by atoms with Crippen LogP contribution in [-0.4, -0.2) is 29.6 Å². The quantitative estimate of drug-likeness (QED) is 0.444. The molecule has 1 atom stereocenters. The van der Waals surface area contributed by atoms with E-state index in [9.17, 15) is 0 Å². The summed E-state index contributed by atoms with van der Waals surface area (Å²) in [6, 6.07) is 0. The Morgan fingerprint density at radius 3 is 3.31 bits per heavy atom. The standard InChI is InChI=1S/C6H5BN6/c8-1-7-13-3-12-6-4(5(13)9)10-2-11-6/h2-3,9,13H,(H,10,11). The second kappa shape index (κ2) is 2.84. The molecular weight excluding hydrogens is 167 g/mol. The number of fused-ring (bicyclic) bond motifs is 1. The molecule has 0 bridgehead atoms. The lowest BCUT2D eigenvalue weighted by atomic mass is 9.94. The Morgan fingerprint density at radius 1 is 1.69 bits per heavy atom. The van der Waals surface area contributed by atoms with Crippen molar-refractivity contribution in [2.45, 2.75) is 0 Å². The highest BCUT2D eigenvalue weighted by molar-refractivity contribution is 6.40. The van der Waals surface area contributed by atoms with Gasteiger partial charge in [-0.05, 0) is 0 Å². The van der Waals surface area contributed by atoms with Crippen LogP contribution in [0.2, 0.25) is 0 Å². The fraction of sp³-hybridized carbons (Fsp3) is 0. The van der Waals surface area contributed by atoms with Gasteiger partial charge in [-0.25, -0.2) is 10.2 Å². The van der Waals surface area contributed by atoms with E-state index in [-0.39, 0.29) is 5.84 Å². The van der Waals surface area contributed by atoms with E-state index in [0.717, 1.165) is 0 Å². The minimum Gasteiger partial charge on any atom is -0.462 e. The van der Waals surface area contributed by atoms with Crippen LogP contribution in [0.1, 0.15) is 5.69 Å². The van der Waals surface area contributed by atoms with Crippen LogP contribution >= 0.6 is 0 Å². The van der Waals surface area contributed by atoms with Crippen LogP contribution in [0.25, 0.3) is 0 Å². The molecule has 6 nitrogen and oxygen atoms in total. The topological polar surface area (TPSA) is 93.1 Å². The van der Waals surface area contributed by atoms with Gasteiger partial charge in [0, 0.05) is 0 Å². The van der Waals surface area contributed by atoms with Crippen LogP contribution in [0, 0.1) is 16.6 Å². The molecule has 0 saturated heterocycles. The normalized spacial score (nSPS) is 19.6. The molecule has 0 fully saturated rings. The van der Waals surface area contributed by atoms with E-state index in [1.54, 1.807) is 0 Å². The Morgan fingerprint density at radius 2 is 2.54 bits per heavy atom. The summed E-state index contributed by atoms with van der Waals surface area (Å²) in [5, 5.41) is 16.1. The van der Waals surface area contributed by atoms with Crippen LogP contribution in [0.5, 0.6) is 0 Å². The molecule has 1 aliphatic heterocycles. The van der Waals surface area contributed by atoms with E-state index in [0.29, 0.717) is 16.3 Å². The van der Waals surface area contributed by atoms with Crippen molar-refractivity contribution in [2.75, 3.05) is 0 Å². The third-order valence-electron chi connectivity index (χ3n) is 1.70. The molecule has 2 radical (unpaired) electrons. The maximum Gasteiger partial charge on any atom is 0.203 e. The predicted molar refractivity (Wildman–Crippen MR) is 45.9 cm³/mol. The summed E-state index contributed by atoms with van der Waals surface area (Å²) in [5.74, 6) is 2.62. The first kappa shape index (κ1) is 7.70. The summed E-state index contributed by atoms with van der Waals surface area (Å²) >= 11 is 0. The Balaban J connectivity index is 2.37. The van der Waals surface area contributed by atoms with Gasteiger partial charge in [0.25, 0.3) is 0 Å². The molecular formula is C6H5BN6. The number of H-pyrrole nitrogens is 1. The van der Waals surface area contributed by atoms with E-state index in [1.165, 1.54) is 20.1 Å². The number of aliphatic imine (C=N–C) groups is 1. The maximum absolute atomic E-state index is 8.42. The van der Waals surface area contributed by atoms with Gasteiger partial charge >= 0.3 is 0 Å². The first-order chi connectivity index (χ1) is 6.33. The minimum absolute atomic E-state index is 0.254. The third kappa shape index (κ3) is 1.13. The van der Waals surface area contributed by atoms with Gasteiger partial charge in [-0.2, -0.15) is 4.99 Å². The van der Waals surface area contributed by atoms with Crippen LogP contribution in [0.3, 0.4) is 0 Å². The average molecular weight is 172 g/mol. The number of imidazole rings is 1. The zero-order chi connectivity index (χ0) is 9.26. The fourth-order valence-electron chi connectivity index (χ4n) is 1.09. The largest absolute Gasteiger partial charge is 0.462 e. The first-order valence-corrected chi connectivity index (χ1v) is 3.59. The van der Waals surface area contributed by atoms with Crippen molar-refractivity contribution >= 4 is 25.4 Å². The van der Waals surface area contributed by atoms with E-state index >= 15 is 0 Å². The van der Waals surface area contributed by atoms with Gasteiger partial charge in [0.05, 0.1) is 6.33 Å². The maximum atomic E-state index is 8.42. The van der Waals surface area contributed by atoms with Crippen molar-refractivity contribution in [2.24, 2.45) is 4.99 Å². The summed E-state index contributed by atoms with van der Waals surface area (Å²) < 4.78 is 0. The molecule has 0 aromatic carbocycles. The Kier molecular flexibility index (Phi) is 1.68. The summed E-state index contributed by atoms with van der Waals surface area (Å²) in [6.07, 6.45) is 2.95. The monoisotopic (exact) mass is 172 g/mol. The number of nitrogens with one attached hydrogen (secondary N) is 3. The summed E-state index contributed by atoms with van der Waals surface area (Å²) in [7, 11) is 1.29. The lowest BCUT2D eigenvalue weighted by Crippen LogP contribution is -3.15. The average Bonchev–Trinajstić information content (AvgIpc) is 2.58. The Bertz CT molecular complexity index is 413. The number of aromatic amines is 1. The van der Waals surface area contributed by atoms with E-state index in [2.05, 4.69) is 15.0 Å². The summed E-state index contributed by atoms with van der Waals surface area (Å²) in [4.78, 5) is 11.2. The lowest BCUT2D eigenvalue weighted by Gasteiger charge is -2.22. The van der Waals surface area contributed by atoms with Crippen LogP contribution < -0.4 is 4.81 Å². The molecule has 7 heteroatoms. The first-order valence-electron chi connectivity index (χ1n) is 3.59. The Hall–Kier alpha value is -1.94. The van der Waals surface area contributed by atoms with Gasteiger partial charge in [-0.1, -0.05) is 0 Å². The predicted octanol–water partition coefficient (Wildman–Crippen LogP) is -1.61. The molecule has 2 rings (SSSR count). The van der Waals surface area contributed by atoms with Crippen molar-refractivity contribution in [3.05, 3.63) is 12.0 Å². The van der Waals surface area contributed by atoms with Gasteiger partial charge in [0.15, 0.2) is 11.5 Å². The number of rotatable bonds is 1. The number of amidine groups is 1. The zero-order valence-corrected chi connectivity index (χ0v) is 6.57. The molecule has 1 aromatic heterocycles. The van der Waals surface area contributed by atoms with E-state index in [4.69, 9.17) is 10.7 Å². The van der Waals surface area contributed by atoms with Crippen molar-refractivity contribution in [1.29, 1.82) is 10.7 Å². The Labute approximate surface area is 74.7 Å². The van der Waals surface area contributed by atoms with Gasteiger partial charge in [0.2, 0.25) is 5.84 Å². The molecule has 3 N–H and O–H groups in total. The van der Waals surface area contributed by atoms with Crippen molar-refractivity contribution in [1.82, 2.24) is 9.97 Å². The highest BCUT2D eigenvalue weighted by Crippen LogP contribution is 2.12. The van der Waals surface area contributed by atoms with Crippen LogP contribution in [0.15, 0.2) is 11.3 Å². The van der Waals surface area contributed by atoms with Crippen LogP contribution in [-0.2, 0) is 0 Å². The number of quaternary nitrogens is 1. The number of nitriles is 1. The van der Waals surface area contributed by atoms with Crippen molar-refractivity contribution in [3.8, 4) is 5.97 Å². The summed E-state index contributed by atoms with van der Waals surface area (Å²) in [6.45, 7) is 0. The molecule has 0 aliphatic carbocycles. The van der Waals surface area contributed by atoms with Crippen molar-refractivity contribution in [3.63, 3.8) is 0 Å². The number of hydrogen-bond acceptors (Lipinski definition) is 4. The lowest BCUT2D eigenvalue weighted by molar-refractivity contribution is -0.549. The van der Waals surface area contributed by atoms with Gasteiger partial charge in [-0.15, -0.1) is 5.97 Å². The van der Waals surface area contributed by atoms with E-state index < -0.39 is 0 Å². The molecule has 1 aromatic rings. The van der Waals surface area contributed by atoms with Crippen LogP contribution in [0.4, 0.5) is 5.82 Å². The minimum atomic E-state index is 0.254. The second-order valence-electron chi connectivity index (χ2n) is 2.46. The second-order valence-corrected chi connectivity index (χ2v) is 2.46. The van der Waals surface area contributed by atoms with Gasteiger partial charge < -0.3 is 9.79 Å². The zero-order valence-electron chi connectivity index (χ0n) is 6.57. The molecule has 13 heavy (non-hydrogen) atoms. The molecule has 0 spiro atoms. The summed E-state index contributed by atoms with van der Waals surface area (Å²) in [5.41, 5.74) is 0.559. The molecule has 0 amide bonds. The van der Waals surface area contributed by atoms with E-state index in [1.807, 2.05) is 5.97 Å². The van der Waals surface area contributed by atoms with Gasteiger partial charge in [-0.3, -0.25) is 5.41 Å². The molecule has 1 aliphatic rings. The SMILES string of the molecule is N#C[B-][NH+]1C=Nc2nc[nH]c2C1=N. The molecule has 1 unspecified atom stereocenters. The highest BCUT2D eigenvalue weighted by atomic mass is 15.2. The van der Waals surface area contributed by atoms with Gasteiger partial charge in [0.1, 0.15) is 13.8 Å². The number of hydrogen-bond donors (Lipinski definition) is 3. The molecule has 0 saturated carbocycles. The van der Waals surface area contributed by atoms with Crippen molar-refractivity contribution < 1.29 is 4.81 Å². The fourth-order valence-corrected chi connectivity index (χ4v) is 1.09.